The maximum absolute atomic E-state index is 9.07. The minimum Gasteiger partial charge on any atom is -0.324 e. The van der Waals surface area contributed by atoms with Crippen molar-refractivity contribution in [2.75, 3.05) is 0 Å². The number of fused-ring (bicyclic) bond motifs is 1. The summed E-state index contributed by atoms with van der Waals surface area (Å²) >= 11 is 0. The lowest BCUT2D eigenvalue weighted by Gasteiger charge is -2.33. The molecule has 20 heavy (non-hydrogen) atoms. The molecule has 0 saturated heterocycles. The third-order valence-corrected chi connectivity index (χ3v) is 4.42. The topological polar surface area (TPSA) is 41.6 Å². The van der Waals surface area contributed by atoms with E-state index in [2.05, 4.69) is 41.6 Å². The Balaban J connectivity index is 2.08. The molecule has 1 heterocycles. The zero-order valence-corrected chi connectivity index (χ0v) is 12.2. The first-order chi connectivity index (χ1) is 9.69. The average Bonchev–Trinajstić information content (AvgIpc) is 2.76. The third-order valence-electron chi connectivity index (χ3n) is 4.42. The first-order valence-electron chi connectivity index (χ1n) is 7.51. The number of nitriles is 1. The highest BCUT2D eigenvalue weighted by Gasteiger charge is 2.27. The predicted molar refractivity (Wildman–Crippen MR) is 80.3 cm³/mol. The Labute approximate surface area is 120 Å². The standard InChI is InChI=1S/C17H21N3/c1-12-9-13(2)11-14(10-12)20-16-6-4-3-5-15(16)19-17(20)7-8-18/h3-6,12-14H,7,9-11H2,1-2H3. The van der Waals surface area contributed by atoms with E-state index >= 15 is 0 Å². The summed E-state index contributed by atoms with van der Waals surface area (Å²) in [5.74, 6) is 2.43. The van der Waals surface area contributed by atoms with Crippen molar-refractivity contribution in [1.82, 2.24) is 9.55 Å². The Bertz CT molecular complexity index is 640. The van der Waals surface area contributed by atoms with Gasteiger partial charge in [0, 0.05) is 6.04 Å². The number of rotatable bonds is 2. The highest BCUT2D eigenvalue weighted by Crippen LogP contribution is 2.38. The monoisotopic (exact) mass is 267 g/mol. The Morgan fingerprint density at radius 1 is 1.20 bits per heavy atom. The van der Waals surface area contributed by atoms with Crippen molar-refractivity contribution in [3.05, 3.63) is 30.1 Å². The summed E-state index contributed by atoms with van der Waals surface area (Å²) < 4.78 is 2.34. The van der Waals surface area contributed by atoms with Gasteiger partial charge in [0.1, 0.15) is 5.82 Å². The molecule has 1 saturated carbocycles. The number of para-hydroxylation sites is 2. The van der Waals surface area contributed by atoms with Crippen molar-refractivity contribution in [2.24, 2.45) is 11.8 Å². The van der Waals surface area contributed by atoms with E-state index < -0.39 is 0 Å². The van der Waals surface area contributed by atoms with Gasteiger partial charge in [0.15, 0.2) is 0 Å². The molecule has 1 aliphatic rings. The van der Waals surface area contributed by atoms with Crippen LogP contribution in [0.3, 0.4) is 0 Å². The van der Waals surface area contributed by atoms with Crippen molar-refractivity contribution in [1.29, 1.82) is 5.26 Å². The average molecular weight is 267 g/mol. The van der Waals surface area contributed by atoms with Crippen LogP contribution < -0.4 is 0 Å². The van der Waals surface area contributed by atoms with Crippen molar-refractivity contribution in [3.8, 4) is 6.07 Å². The van der Waals surface area contributed by atoms with Crippen LogP contribution in [-0.2, 0) is 6.42 Å². The number of hydrogen-bond donors (Lipinski definition) is 0. The normalized spacial score (nSPS) is 26.6. The zero-order valence-electron chi connectivity index (χ0n) is 12.2. The first kappa shape index (κ1) is 13.2. The quantitative estimate of drug-likeness (QED) is 0.822. The molecule has 0 amide bonds. The molecule has 2 unspecified atom stereocenters. The molecule has 3 rings (SSSR count). The lowest BCUT2D eigenvalue weighted by atomic mass is 9.80. The van der Waals surface area contributed by atoms with E-state index in [0.29, 0.717) is 12.5 Å². The van der Waals surface area contributed by atoms with Gasteiger partial charge in [-0.2, -0.15) is 5.26 Å². The van der Waals surface area contributed by atoms with E-state index in [1.807, 2.05) is 12.1 Å². The molecule has 104 valence electrons. The molecule has 2 aromatic rings. The molecule has 1 aromatic heterocycles. The summed E-state index contributed by atoms with van der Waals surface area (Å²) in [6, 6.07) is 11.0. The van der Waals surface area contributed by atoms with Crippen molar-refractivity contribution in [2.45, 2.75) is 45.6 Å². The fraction of sp³-hybridized carbons (Fsp3) is 0.529. The second-order valence-corrected chi connectivity index (χ2v) is 6.29. The highest BCUT2D eigenvalue weighted by molar-refractivity contribution is 5.76. The van der Waals surface area contributed by atoms with Gasteiger partial charge in [-0.1, -0.05) is 26.0 Å². The van der Waals surface area contributed by atoms with E-state index in [4.69, 9.17) is 5.26 Å². The van der Waals surface area contributed by atoms with Crippen LogP contribution in [0.4, 0.5) is 0 Å². The highest BCUT2D eigenvalue weighted by atomic mass is 15.1. The van der Waals surface area contributed by atoms with Gasteiger partial charge in [0.2, 0.25) is 0 Å². The van der Waals surface area contributed by atoms with E-state index in [0.717, 1.165) is 23.2 Å². The van der Waals surface area contributed by atoms with Gasteiger partial charge in [-0.25, -0.2) is 4.98 Å². The smallest absolute Gasteiger partial charge is 0.124 e. The summed E-state index contributed by atoms with van der Waals surface area (Å²) in [6.45, 7) is 4.68. The molecule has 0 N–H and O–H groups in total. The number of nitrogens with zero attached hydrogens (tertiary/aromatic N) is 3. The summed E-state index contributed by atoms with van der Waals surface area (Å²) in [6.07, 6.45) is 4.11. The molecule has 1 fully saturated rings. The summed E-state index contributed by atoms with van der Waals surface area (Å²) in [5, 5.41) is 9.07. The van der Waals surface area contributed by atoms with Crippen LogP contribution in [0.2, 0.25) is 0 Å². The Morgan fingerprint density at radius 2 is 1.90 bits per heavy atom. The SMILES string of the molecule is CC1CC(C)CC(n2c(CC#N)nc3ccccc32)C1. The van der Waals surface area contributed by atoms with Gasteiger partial charge in [0.05, 0.1) is 23.5 Å². The van der Waals surface area contributed by atoms with E-state index in [1.54, 1.807) is 0 Å². The molecule has 3 nitrogen and oxygen atoms in total. The van der Waals surface area contributed by atoms with Crippen LogP contribution in [0.25, 0.3) is 11.0 Å². The molecule has 1 aliphatic carbocycles. The van der Waals surface area contributed by atoms with Gasteiger partial charge in [0.25, 0.3) is 0 Å². The van der Waals surface area contributed by atoms with Crippen molar-refractivity contribution in [3.63, 3.8) is 0 Å². The Hall–Kier alpha value is -1.82. The van der Waals surface area contributed by atoms with Crippen LogP contribution in [0.1, 0.15) is 45.0 Å². The van der Waals surface area contributed by atoms with Gasteiger partial charge in [-0.15, -0.1) is 0 Å². The summed E-state index contributed by atoms with van der Waals surface area (Å²) in [7, 11) is 0. The van der Waals surface area contributed by atoms with E-state index in [-0.39, 0.29) is 0 Å². The molecule has 1 aromatic carbocycles. The predicted octanol–water partition coefficient (Wildman–Crippen LogP) is 4.10. The van der Waals surface area contributed by atoms with Crippen LogP contribution in [-0.4, -0.2) is 9.55 Å². The van der Waals surface area contributed by atoms with Crippen LogP contribution >= 0.6 is 0 Å². The van der Waals surface area contributed by atoms with Gasteiger partial charge in [-0.05, 0) is 43.2 Å². The summed E-state index contributed by atoms with van der Waals surface area (Å²) in [5.41, 5.74) is 2.20. The van der Waals surface area contributed by atoms with Gasteiger partial charge in [-0.3, -0.25) is 0 Å². The lowest BCUT2D eigenvalue weighted by Crippen LogP contribution is -2.23. The maximum Gasteiger partial charge on any atom is 0.124 e. The van der Waals surface area contributed by atoms with E-state index in [1.165, 1.54) is 24.8 Å². The number of imidazole rings is 1. The van der Waals surface area contributed by atoms with Crippen LogP contribution in [0.5, 0.6) is 0 Å². The molecule has 3 heteroatoms. The van der Waals surface area contributed by atoms with Crippen molar-refractivity contribution < 1.29 is 0 Å². The molecule has 0 radical (unpaired) electrons. The molecular weight excluding hydrogens is 246 g/mol. The Kier molecular flexibility index (Phi) is 3.48. The fourth-order valence-electron chi connectivity index (χ4n) is 3.81. The minimum atomic E-state index is 0.397. The van der Waals surface area contributed by atoms with Gasteiger partial charge >= 0.3 is 0 Å². The van der Waals surface area contributed by atoms with Crippen molar-refractivity contribution >= 4 is 11.0 Å². The Morgan fingerprint density at radius 3 is 2.60 bits per heavy atom. The zero-order chi connectivity index (χ0) is 14.1. The fourth-order valence-corrected chi connectivity index (χ4v) is 3.81. The molecular formula is C17H21N3. The van der Waals surface area contributed by atoms with Crippen LogP contribution in [0, 0.1) is 23.2 Å². The molecule has 0 aliphatic heterocycles. The second-order valence-electron chi connectivity index (χ2n) is 6.29. The minimum absolute atomic E-state index is 0.397. The number of benzene rings is 1. The maximum atomic E-state index is 9.07. The molecule has 0 bridgehead atoms. The molecule has 2 atom stereocenters. The summed E-state index contributed by atoms with van der Waals surface area (Å²) in [4.78, 5) is 4.67. The largest absolute Gasteiger partial charge is 0.324 e. The first-order valence-corrected chi connectivity index (χ1v) is 7.51. The van der Waals surface area contributed by atoms with Gasteiger partial charge < -0.3 is 4.57 Å². The second kappa shape index (κ2) is 5.28. The van der Waals surface area contributed by atoms with Crippen LogP contribution in [0.15, 0.2) is 24.3 Å². The third kappa shape index (κ3) is 2.31. The lowest BCUT2D eigenvalue weighted by molar-refractivity contribution is 0.222. The molecule has 0 spiro atoms. The van der Waals surface area contributed by atoms with E-state index in [9.17, 15) is 0 Å². The number of aromatic nitrogens is 2. The number of hydrogen-bond acceptors (Lipinski definition) is 2.